The van der Waals surface area contributed by atoms with Gasteiger partial charge in [-0.15, -0.1) is 0 Å². The van der Waals surface area contributed by atoms with E-state index in [-0.39, 0.29) is 48.2 Å². The van der Waals surface area contributed by atoms with E-state index in [9.17, 15) is 19.2 Å². The molecule has 49 heavy (non-hydrogen) atoms. The molecule has 0 bridgehead atoms. The molecule has 0 aromatic heterocycles. The number of piperazine rings is 2. The van der Waals surface area contributed by atoms with E-state index in [4.69, 9.17) is 9.47 Å². The van der Waals surface area contributed by atoms with Gasteiger partial charge in [0.25, 0.3) is 0 Å². The summed E-state index contributed by atoms with van der Waals surface area (Å²) >= 11 is 0. The Morgan fingerprint density at radius 2 is 1.29 bits per heavy atom. The highest BCUT2D eigenvalue weighted by Gasteiger charge is 2.38. The van der Waals surface area contributed by atoms with Crippen molar-refractivity contribution in [1.29, 1.82) is 0 Å². The maximum absolute atomic E-state index is 12.7. The molecule has 4 saturated heterocycles. The minimum Gasteiger partial charge on any atom is -0.444 e. The summed E-state index contributed by atoms with van der Waals surface area (Å²) < 4.78 is 11.1. The van der Waals surface area contributed by atoms with Crippen LogP contribution in [0.25, 0.3) is 0 Å². The fraction of sp³-hybridized carbons (Fsp3) is 0.730. The van der Waals surface area contributed by atoms with E-state index in [0.29, 0.717) is 39.0 Å². The van der Waals surface area contributed by atoms with Crippen molar-refractivity contribution in [3.05, 3.63) is 35.9 Å². The predicted octanol–water partition coefficient (Wildman–Crippen LogP) is 4.33. The van der Waals surface area contributed by atoms with E-state index in [2.05, 4.69) is 41.4 Å². The minimum absolute atomic E-state index is 0.0593. The molecule has 4 amide bonds. The molecule has 0 saturated carbocycles. The number of carbonyl (C=O) groups is 4. The fourth-order valence-electron chi connectivity index (χ4n) is 6.81. The van der Waals surface area contributed by atoms with Crippen LogP contribution in [0.15, 0.2) is 30.3 Å². The third-order valence-corrected chi connectivity index (χ3v) is 9.30. The zero-order chi connectivity index (χ0) is 35.9. The first-order chi connectivity index (χ1) is 23.0. The third kappa shape index (κ3) is 11.6. The number of hydrogen-bond acceptors (Lipinski definition) is 8. The number of hydrogen-bond donors (Lipinski definition) is 1. The molecule has 5 rings (SSSR count). The van der Waals surface area contributed by atoms with Gasteiger partial charge in [0.1, 0.15) is 11.2 Å². The Morgan fingerprint density at radius 3 is 1.80 bits per heavy atom. The first-order valence-corrected chi connectivity index (χ1v) is 18.0. The van der Waals surface area contributed by atoms with Gasteiger partial charge in [0.2, 0.25) is 11.8 Å². The van der Waals surface area contributed by atoms with Crippen LogP contribution in [0.5, 0.6) is 0 Å². The first-order valence-electron chi connectivity index (χ1n) is 18.0. The Labute approximate surface area is 293 Å². The first kappa shape index (κ1) is 38.4. The number of carbonyl (C=O) groups excluding carboxylic acids is 4. The molecule has 4 atom stereocenters. The SMILES string of the molecule is C[C@@H]1CN(Cc2ccccc2)[C@@H](CN2CCCC2=O)CN1C(=O)OC(C)(C)C.C[C@@H]1CN[C@@H](CN2CCCC2=O)CN1C(=O)OC(C)(C)C. The number of likely N-dealkylation sites (tertiary alicyclic amines) is 2. The van der Waals surface area contributed by atoms with Gasteiger partial charge in [-0.1, -0.05) is 30.3 Å². The summed E-state index contributed by atoms with van der Waals surface area (Å²) in [5, 5.41) is 3.42. The zero-order valence-corrected chi connectivity index (χ0v) is 31.1. The van der Waals surface area contributed by atoms with Gasteiger partial charge in [-0.25, -0.2) is 9.59 Å². The van der Waals surface area contributed by atoms with Gasteiger partial charge in [-0.05, 0) is 73.8 Å². The maximum Gasteiger partial charge on any atom is 0.410 e. The van der Waals surface area contributed by atoms with Crippen molar-refractivity contribution in [2.75, 3.05) is 52.4 Å². The lowest BCUT2D eigenvalue weighted by Gasteiger charge is -2.46. The second kappa shape index (κ2) is 16.6. The molecule has 0 radical (unpaired) electrons. The molecule has 0 aliphatic carbocycles. The number of nitrogens with zero attached hydrogens (tertiary/aromatic N) is 5. The largest absolute Gasteiger partial charge is 0.444 e. The van der Waals surface area contributed by atoms with Crippen molar-refractivity contribution in [2.24, 2.45) is 0 Å². The van der Waals surface area contributed by atoms with E-state index >= 15 is 0 Å². The number of nitrogens with one attached hydrogen (secondary N) is 1. The standard InChI is InChI=1S/C22H33N3O3.C15H27N3O3/c1-17-13-24(14-18-9-6-5-7-10-18)19(15-23-12-8-11-20(23)26)16-25(17)21(27)28-22(2,3)4;1-11-8-16-12(9-17-7-5-6-13(17)19)10-18(11)14(20)21-15(2,3)4/h5-7,9-10,17,19H,8,11-16H2,1-4H3;11-12,16H,5-10H2,1-4H3/t17-,19+;11-,12+/m11/s1. The fourth-order valence-corrected chi connectivity index (χ4v) is 6.81. The van der Waals surface area contributed by atoms with Crippen molar-refractivity contribution in [1.82, 2.24) is 29.8 Å². The Hall–Kier alpha value is -3.38. The monoisotopic (exact) mass is 684 g/mol. The Bertz CT molecular complexity index is 1280. The summed E-state index contributed by atoms with van der Waals surface area (Å²) in [6, 6.07) is 10.8. The van der Waals surface area contributed by atoms with Gasteiger partial charge < -0.3 is 34.4 Å². The van der Waals surface area contributed by atoms with Crippen LogP contribution >= 0.6 is 0 Å². The highest BCUT2D eigenvalue weighted by atomic mass is 16.6. The molecule has 1 N–H and O–H groups in total. The van der Waals surface area contributed by atoms with Gasteiger partial charge in [-0.2, -0.15) is 0 Å². The van der Waals surface area contributed by atoms with Gasteiger partial charge >= 0.3 is 12.2 Å². The highest BCUT2D eigenvalue weighted by Crippen LogP contribution is 2.23. The normalized spacial score (nSPS) is 25.3. The molecule has 274 valence electrons. The Balaban J connectivity index is 0.000000230. The highest BCUT2D eigenvalue weighted by molar-refractivity contribution is 5.78. The van der Waals surface area contributed by atoms with Crippen LogP contribution in [-0.4, -0.2) is 136 Å². The number of ether oxygens (including phenoxy) is 2. The van der Waals surface area contributed by atoms with Crippen LogP contribution in [0.1, 0.15) is 86.6 Å². The minimum atomic E-state index is -0.515. The average Bonchev–Trinajstić information content (AvgIpc) is 3.60. The summed E-state index contributed by atoms with van der Waals surface area (Å²) in [6.45, 7) is 21.8. The van der Waals surface area contributed by atoms with Crippen molar-refractivity contribution in [3.63, 3.8) is 0 Å². The smallest absolute Gasteiger partial charge is 0.410 e. The molecule has 4 aliphatic rings. The van der Waals surface area contributed by atoms with E-state index < -0.39 is 11.2 Å². The van der Waals surface area contributed by atoms with Crippen LogP contribution in [-0.2, 0) is 25.6 Å². The molecular formula is C37H60N6O6. The molecule has 4 fully saturated rings. The Morgan fingerprint density at radius 1 is 0.755 bits per heavy atom. The van der Waals surface area contributed by atoms with Crippen LogP contribution < -0.4 is 5.32 Å². The average molecular weight is 685 g/mol. The molecular weight excluding hydrogens is 624 g/mol. The van der Waals surface area contributed by atoms with Gasteiger partial charge in [0.05, 0.1) is 0 Å². The van der Waals surface area contributed by atoms with E-state index in [1.807, 2.05) is 69.2 Å². The summed E-state index contributed by atoms with van der Waals surface area (Å²) in [4.78, 5) is 58.7. The summed E-state index contributed by atoms with van der Waals surface area (Å²) in [6.07, 6.45) is 2.62. The van der Waals surface area contributed by atoms with Gasteiger partial charge in [0, 0.05) is 95.9 Å². The molecule has 12 nitrogen and oxygen atoms in total. The lowest BCUT2D eigenvalue weighted by atomic mass is 10.1. The van der Waals surface area contributed by atoms with E-state index in [1.54, 1.807) is 4.90 Å². The molecule has 1 aromatic carbocycles. The lowest BCUT2D eigenvalue weighted by molar-refractivity contribution is -0.129. The third-order valence-electron chi connectivity index (χ3n) is 9.30. The molecule has 4 heterocycles. The second-order valence-corrected chi connectivity index (χ2v) is 16.0. The van der Waals surface area contributed by atoms with Crippen molar-refractivity contribution in [2.45, 2.75) is 123 Å². The van der Waals surface area contributed by atoms with Crippen LogP contribution in [0.2, 0.25) is 0 Å². The lowest BCUT2D eigenvalue weighted by Crippen LogP contribution is -2.61. The maximum atomic E-state index is 12.7. The van der Waals surface area contributed by atoms with E-state index in [1.165, 1.54) is 5.56 Å². The summed E-state index contributed by atoms with van der Waals surface area (Å²) in [5.41, 5.74) is 0.249. The number of amides is 4. The van der Waals surface area contributed by atoms with Crippen LogP contribution in [0.3, 0.4) is 0 Å². The molecule has 0 spiro atoms. The quantitative estimate of drug-likeness (QED) is 0.472. The van der Waals surface area contributed by atoms with Gasteiger partial charge in [-0.3, -0.25) is 14.5 Å². The van der Waals surface area contributed by atoms with Crippen LogP contribution in [0, 0.1) is 0 Å². The topological polar surface area (TPSA) is 115 Å². The summed E-state index contributed by atoms with van der Waals surface area (Å²) in [7, 11) is 0. The summed E-state index contributed by atoms with van der Waals surface area (Å²) in [5.74, 6) is 0.446. The number of benzene rings is 1. The zero-order valence-electron chi connectivity index (χ0n) is 31.1. The second-order valence-electron chi connectivity index (χ2n) is 16.0. The molecule has 0 unspecified atom stereocenters. The molecule has 12 heteroatoms. The predicted molar refractivity (Wildman–Crippen MR) is 189 cm³/mol. The number of rotatable bonds is 6. The molecule has 4 aliphatic heterocycles. The van der Waals surface area contributed by atoms with Crippen molar-refractivity contribution in [3.8, 4) is 0 Å². The van der Waals surface area contributed by atoms with Crippen molar-refractivity contribution < 1.29 is 28.7 Å². The van der Waals surface area contributed by atoms with Gasteiger partial charge in [0.15, 0.2) is 0 Å². The molecule has 1 aromatic rings. The van der Waals surface area contributed by atoms with E-state index in [0.717, 1.165) is 45.6 Å². The Kier molecular flexibility index (Phi) is 13.0. The van der Waals surface area contributed by atoms with Crippen molar-refractivity contribution >= 4 is 24.0 Å². The van der Waals surface area contributed by atoms with Crippen LogP contribution in [0.4, 0.5) is 9.59 Å².